The number of hydrogen-bond acceptors (Lipinski definition) is 4. The van der Waals surface area contributed by atoms with E-state index in [2.05, 4.69) is 4.98 Å². The van der Waals surface area contributed by atoms with Crippen molar-refractivity contribution in [3.8, 4) is 23.0 Å². The second-order valence-electron chi connectivity index (χ2n) is 5.88. The molecule has 4 rings (SSSR count). The zero-order chi connectivity index (χ0) is 19.3. The highest BCUT2D eigenvalue weighted by atomic mass is 19.4. The molecule has 0 radical (unpaired) electrons. The Morgan fingerprint density at radius 1 is 1.15 bits per heavy atom. The van der Waals surface area contributed by atoms with E-state index in [1.54, 1.807) is 24.3 Å². The Balaban J connectivity index is 1.96. The molecule has 0 spiro atoms. The zero-order valence-corrected chi connectivity index (χ0v) is 13.4. The summed E-state index contributed by atoms with van der Waals surface area (Å²) in [4.78, 5) is 15.5. The van der Waals surface area contributed by atoms with Crippen molar-refractivity contribution < 1.29 is 31.5 Å². The molecule has 1 amide bonds. The number of hydrogen-bond donors (Lipinski definition) is 1. The Morgan fingerprint density at radius 3 is 2.56 bits per heavy atom. The van der Waals surface area contributed by atoms with E-state index in [0.717, 1.165) is 12.1 Å². The van der Waals surface area contributed by atoms with E-state index in [-0.39, 0.29) is 16.9 Å². The lowest BCUT2D eigenvalue weighted by Gasteiger charge is -2.27. The number of benzene rings is 2. The number of amides is 1. The van der Waals surface area contributed by atoms with Crippen molar-refractivity contribution in [3.05, 3.63) is 65.3 Å². The van der Waals surface area contributed by atoms with Crippen LogP contribution in [0.1, 0.15) is 22.7 Å². The van der Waals surface area contributed by atoms with Gasteiger partial charge < -0.3 is 14.9 Å². The first-order valence-corrected chi connectivity index (χ1v) is 7.68. The van der Waals surface area contributed by atoms with Crippen LogP contribution >= 0.6 is 0 Å². The van der Waals surface area contributed by atoms with Crippen molar-refractivity contribution in [1.82, 2.24) is 4.98 Å². The molecule has 0 saturated carbocycles. The average Bonchev–Trinajstić information content (AvgIpc) is 3.09. The number of oxazole rings is 1. The van der Waals surface area contributed by atoms with Crippen LogP contribution in [0.15, 0.2) is 47.1 Å². The lowest BCUT2D eigenvalue weighted by Crippen LogP contribution is -2.26. The minimum absolute atomic E-state index is 0.0424. The van der Waals surface area contributed by atoms with Gasteiger partial charge in [-0.15, -0.1) is 0 Å². The molecule has 9 heteroatoms. The van der Waals surface area contributed by atoms with Gasteiger partial charge in [-0.05, 0) is 12.1 Å². The average molecular weight is 378 g/mol. The first-order valence-electron chi connectivity index (χ1n) is 7.68. The maximum atomic E-state index is 14.1. The third kappa shape index (κ3) is 2.80. The van der Waals surface area contributed by atoms with Gasteiger partial charge in [0.05, 0.1) is 5.92 Å². The van der Waals surface area contributed by atoms with Crippen LogP contribution in [-0.4, -0.2) is 10.9 Å². The minimum Gasteiger partial charge on any atom is -0.457 e. The Labute approximate surface area is 149 Å². The van der Waals surface area contributed by atoms with Gasteiger partial charge in [-0.2, -0.15) is 13.2 Å². The summed E-state index contributed by atoms with van der Waals surface area (Å²) in [6.45, 7) is 0. The van der Waals surface area contributed by atoms with Gasteiger partial charge in [0.25, 0.3) is 0 Å². The fourth-order valence-electron chi connectivity index (χ4n) is 3.06. The van der Waals surface area contributed by atoms with E-state index >= 15 is 0 Å². The molecule has 2 heterocycles. The normalized spacial score (nSPS) is 15.6. The standard InChI is InChI=1S/C18H10F4N2O3/c19-8-5-10(17-24-13(7-26-17)18(20,21)22)14-12(6-8)27-11-4-2-1-3-9(11)15(14)16(23)25/h1-7,15H,(H2,23,25). The summed E-state index contributed by atoms with van der Waals surface area (Å²) in [7, 11) is 0. The van der Waals surface area contributed by atoms with Gasteiger partial charge in [0.2, 0.25) is 11.8 Å². The summed E-state index contributed by atoms with van der Waals surface area (Å²) in [6.07, 6.45) is -4.31. The fourth-order valence-corrected chi connectivity index (χ4v) is 3.06. The third-order valence-electron chi connectivity index (χ3n) is 4.15. The van der Waals surface area contributed by atoms with Crippen molar-refractivity contribution in [2.75, 3.05) is 0 Å². The number of rotatable bonds is 2. The molecule has 2 aromatic carbocycles. The molecule has 0 aliphatic carbocycles. The first kappa shape index (κ1) is 17.1. The molecule has 27 heavy (non-hydrogen) atoms. The van der Waals surface area contributed by atoms with Crippen molar-refractivity contribution in [3.63, 3.8) is 0 Å². The summed E-state index contributed by atoms with van der Waals surface area (Å²) in [5, 5.41) is 0. The molecule has 0 bridgehead atoms. The van der Waals surface area contributed by atoms with Crippen LogP contribution in [0, 0.1) is 5.82 Å². The van der Waals surface area contributed by atoms with Crippen LogP contribution in [0.3, 0.4) is 0 Å². The van der Waals surface area contributed by atoms with E-state index in [1.165, 1.54) is 0 Å². The number of ether oxygens (including phenoxy) is 1. The number of primary amides is 1. The van der Waals surface area contributed by atoms with Gasteiger partial charge in [-0.25, -0.2) is 9.37 Å². The first-order chi connectivity index (χ1) is 12.8. The van der Waals surface area contributed by atoms with Crippen molar-refractivity contribution >= 4 is 5.91 Å². The molecule has 1 aromatic heterocycles. The molecule has 0 saturated heterocycles. The van der Waals surface area contributed by atoms with E-state index in [9.17, 15) is 22.4 Å². The Bertz CT molecular complexity index is 1060. The second-order valence-corrected chi connectivity index (χ2v) is 5.88. The summed E-state index contributed by atoms with van der Waals surface area (Å²) < 4.78 is 63.2. The summed E-state index contributed by atoms with van der Waals surface area (Å²) in [6, 6.07) is 8.44. The molecule has 5 nitrogen and oxygen atoms in total. The minimum atomic E-state index is -4.73. The van der Waals surface area contributed by atoms with Gasteiger partial charge in [0.1, 0.15) is 23.6 Å². The quantitative estimate of drug-likeness (QED) is 0.677. The van der Waals surface area contributed by atoms with Crippen molar-refractivity contribution in [2.45, 2.75) is 12.1 Å². The summed E-state index contributed by atoms with van der Waals surface area (Å²) in [5.74, 6) is -2.87. The number of fused-ring (bicyclic) bond motifs is 2. The SMILES string of the molecule is NC(=O)C1c2ccccc2Oc2cc(F)cc(-c3nc(C(F)(F)F)co3)c21. The third-order valence-corrected chi connectivity index (χ3v) is 4.15. The molecule has 1 unspecified atom stereocenters. The molecule has 138 valence electrons. The predicted octanol–water partition coefficient (Wildman–Crippen LogP) is 4.22. The Hall–Kier alpha value is -3.36. The molecule has 1 atom stereocenters. The number of aromatic nitrogens is 1. The van der Waals surface area contributed by atoms with E-state index in [1.807, 2.05) is 0 Å². The number of halogens is 4. The smallest absolute Gasteiger partial charge is 0.436 e. The highest BCUT2D eigenvalue weighted by Gasteiger charge is 2.38. The highest BCUT2D eigenvalue weighted by molar-refractivity contribution is 5.91. The molecular weight excluding hydrogens is 368 g/mol. The summed E-state index contributed by atoms with van der Waals surface area (Å²) in [5.41, 5.74) is 4.63. The van der Waals surface area contributed by atoms with Gasteiger partial charge in [-0.1, -0.05) is 18.2 Å². The monoisotopic (exact) mass is 378 g/mol. The number of nitrogens with two attached hydrogens (primary N) is 1. The number of carbonyl (C=O) groups is 1. The van der Waals surface area contributed by atoms with Crippen molar-refractivity contribution in [2.24, 2.45) is 5.73 Å². The topological polar surface area (TPSA) is 78.4 Å². The molecule has 1 aliphatic rings. The van der Waals surface area contributed by atoms with Gasteiger partial charge >= 0.3 is 6.18 Å². The molecule has 3 aromatic rings. The zero-order valence-electron chi connectivity index (χ0n) is 13.4. The van der Waals surface area contributed by atoms with Crippen LogP contribution in [0.5, 0.6) is 11.5 Å². The molecule has 1 aliphatic heterocycles. The number of carbonyl (C=O) groups excluding carboxylic acids is 1. The summed E-state index contributed by atoms with van der Waals surface area (Å²) >= 11 is 0. The highest BCUT2D eigenvalue weighted by Crippen LogP contribution is 2.48. The molecular formula is C18H10F4N2O3. The van der Waals surface area contributed by atoms with Crippen LogP contribution in [0.25, 0.3) is 11.5 Å². The van der Waals surface area contributed by atoms with Crippen LogP contribution in [0.2, 0.25) is 0 Å². The van der Waals surface area contributed by atoms with Gasteiger partial charge in [0, 0.05) is 22.8 Å². The van der Waals surface area contributed by atoms with E-state index < -0.39 is 35.4 Å². The van der Waals surface area contributed by atoms with E-state index in [4.69, 9.17) is 14.9 Å². The molecule has 2 N–H and O–H groups in total. The molecule has 0 fully saturated rings. The maximum absolute atomic E-state index is 14.1. The number of alkyl halides is 3. The van der Waals surface area contributed by atoms with Crippen LogP contribution in [-0.2, 0) is 11.0 Å². The van der Waals surface area contributed by atoms with E-state index in [0.29, 0.717) is 17.6 Å². The largest absolute Gasteiger partial charge is 0.457 e. The van der Waals surface area contributed by atoms with Crippen LogP contribution < -0.4 is 10.5 Å². The second kappa shape index (κ2) is 5.83. The fraction of sp³-hybridized carbons (Fsp3) is 0.111. The Morgan fingerprint density at radius 2 is 1.89 bits per heavy atom. The lowest BCUT2D eigenvalue weighted by molar-refractivity contribution is -0.141. The van der Waals surface area contributed by atoms with Crippen molar-refractivity contribution in [1.29, 1.82) is 0 Å². The Kier molecular flexibility index (Phi) is 3.69. The maximum Gasteiger partial charge on any atom is 0.436 e. The number of nitrogens with zero attached hydrogens (tertiary/aromatic N) is 1. The lowest BCUT2D eigenvalue weighted by atomic mass is 9.84. The van der Waals surface area contributed by atoms with Crippen LogP contribution in [0.4, 0.5) is 17.6 Å². The van der Waals surface area contributed by atoms with Gasteiger partial charge in [0.15, 0.2) is 5.69 Å². The van der Waals surface area contributed by atoms with Gasteiger partial charge in [-0.3, -0.25) is 4.79 Å². The number of para-hydroxylation sites is 1. The predicted molar refractivity (Wildman–Crippen MR) is 84.5 cm³/mol.